The van der Waals surface area contributed by atoms with Crippen LogP contribution < -0.4 is 11.1 Å². The highest BCUT2D eigenvalue weighted by Crippen LogP contribution is 1.88. The normalized spacial score (nSPS) is 12.3. The zero-order valence-electron chi connectivity index (χ0n) is 10.9. The van der Waals surface area contributed by atoms with Crippen LogP contribution in [0.4, 0.5) is 0 Å². The summed E-state index contributed by atoms with van der Waals surface area (Å²) < 4.78 is 4.66. The number of rotatable bonds is 8. The number of carbonyl (C=O) groups is 2. The highest BCUT2D eigenvalue weighted by atomic mass is 16.5. The van der Waals surface area contributed by atoms with E-state index in [-0.39, 0.29) is 6.61 Å². The summed E-state index contributed by atoms with van der Waals surface area (Å²) in [4.78, 5) is 24.8. The van der Waals surface area contributed by atoms with E-state index < -0.39 is 17.9 Å². The van der Waals surface area contributed by atoms with Gasteiger partial charge in [-0.1, -0.05) is 13.8 Å². The SMILES string of the molecule is CCOC(=O)C(N)C(=O)NCCN(CC)CC. The molecule has 100 valence electrons. The molecule has 1 atom stereocenters. The number of nitrogens with zero attached hydrogens (tertiary/aromatic N) is 1. The molecule has 0 bridgehead atoms. The molecule has 0 aliphatic heterocycles. The summed E-state index contributed by atoms with van der Waals surface area (Å²) >= 11 is 0. The van der Waals surface area contributed by atoms with Crippen molar-refractivity contribution >= 4 is 11.9 Å². The Morgan fingerprint density at radius 1 is 1.29 bits per heavy atom. The van der Waals surface area contributed by atoms with Gasteiger partial charge in [-0.05, 0) is 20.0 Å². The third-order valence-corrected chi connectivity index (χ3v) is 2.44. The highest BCUT2D eigenvalue weighted by Gasteiger charge is 2.22. The van der Waals surface area contributed by atoms with E-state index in [9.17, 15) is 9.59 Å². The minimum absolute atomic E-state index is 0.221. The molecule has 0 saturated heterocycles. The Labute approximate surface area is 102 Å². The van der Waals surface area contributed by atoms with E-state index in [2.05, 4.69) is 28.8 Å². The Morgan fingerprint density at radius 3 is 2.35 bits per heavy atom. The van der Waals surface area contributed by atoms with E-state index in [0.29, 0.717) is 6.54 Å². The van der Waals surface area contributed by atoms with Crippen molar-refractivity contribution in [3.05, 3.63) is 0 Å². The predicted molar refractivity (Wildman–Crippen MR) is 65.4 cm³/mol. The molecule has 0 radical (unpaired) electrons. The zero-order valence-corrected chi connectivity index (χ0v) is 10.9. The van der Waals surface area contributed by atoms with Gasteiger partial charge in [0.25, 0.3) is 0 Å². The summed E-state index contributed by atoms with van der Waals surface area (Å²) in [7, 11) is 0. The van der Waals surface area contributed by atoms with Crippen molar-refractivity contribution in [3.63, 3.8) is 0 Å². The first kappa shape index (κ1) is 15.9. The minimum atomic E-state index is -1.23. The second kappa shape index (κ2) is 8.95. The molecule has 0 rings (SSSR count). The number of hydrogen-bond donors (Lipinski definition) is 2. The van der Waals surface area contributed by atoms with Gasteiger partial charge in [0.2, 0.25) is 5.91 Å². The van der Waals surface area contributed by atoms with Gasteiger partial charge in [0.1, 0.15) is 0 Å². The molecule has 6 nitrogen and oxygen atoms in total. The fourth-order valence-electron chi connectivity index (χ4n) is 1.33. The molecule has 1 amide bonds. The van der Waals surface area contributed by atoms with Crippen molar-refractivity contribution < 1.29 is 14.3 Å². The van der Waals surface area contributed by atoms with Crippen LogP contribution in [-0.4, -0.2) is 55.6 Å². The number of nitrogens with one attached hydrogen (secondary N) is 1. The molecular weight excluding hydrogens is 222 g/mol. The molecule has 0 aromatic rings. The summed E-state index contributed by atoms with van der Waals surface area (Å²) in [5, 5.41) is 2.61. The number of likely N-dealkylation sites (N-methyl/N-ethyl adjacent to an activating group) is 1. The van der Waals surface area contributed by atoms with Gasteiger partial charge in [-0.3, -0.25) is 4.79 Å². The molecule has 0 aliphatic rings. The van der Waals surface area contributed by atoms with Gasteiger partial charge in [-0.25, -0.2) is 4.79 Å². The maximum absolute atomic E-state index is 11.5. The molecular formula is C11H23N3O3. The van der Waals surface area contributed by atoms with Crippen molar-refractivity contribution in [1.29, 1.82) is 0 Å². The van der Waals surface area contributed by atoms with Crippen LogP contribution in [0.15, 0.2) is 0 Å². The third-order valence-electron chi connectivity index (χ3n) is 2.44. The molecule has 17 heavy (non-hydrogen) atoms. The predicted octanol–water partition coefficient (Wildman–Crippen LogP) is -0.665. The van der Waals surface area contributed by atoms with Crippen molar-refractivity contribution in [1.82, 2.24) is 10.2 Å². The van der Waals surface area contributed by atoms with Crippen LogP contribution in [0, 0.1) is 0 Å². The van der Waals surface area contributed by atoms with Gasteiger partial charge in [-0.2, -0.15) is 0 Å². The maximum Gasteiger partial charge on any atom is 0.332 e. The van der Waals surface area contributed by atoms with E-state index in [0.717, 1.165) is 19.6 Å². The lowest BCUT2D eigenvalue weighted by atomic mass is 10.3. The minimum Gasteiger partial charge on any atom is -0.464 e. The van der Waals surface area contributed by atoms with Crippen molar-refractivity contribution in [2.75, 3.05) is 32.8 Å². The average molecular weight is 245 g/mol. The Bertz CT molecular complexity index is 242. The highest BCUT2D eigenvalue weighted by molar-refractivity contribution is 6.01. The van der Waals surface area contributed by atoms with Gasteiger partial charge < -0.3 is 20.7 Å². The number of amides is 1. The first-order valence-corrected chi connectivity index (χ1v) is 5.99. The van der Waals surface area contributed by atoms with E-state index in [1.165, 1.54) is 0 Å². The van der Waals surface area contributed by atoms with E-state index in [1.54, 1.807) is 6.92 Å². The first-order valence-electron chi connectivity index (χ1n) is 5.99. The van der Waals surface area contributed by atoms with Crippen LogP contribution in [0.1, 0.15) is 20.8 Å². The molecule has 3 N–H and O–H groups in total. The van der Waals surface area contributed by atoms with Crippen LogP contribution in [0.25, 0.3) is 0 Å². The molecule has 6 heteroatoms. The quantitative estimate of drug-likeness (QED) is 0.438. The van der Waals surface area contributed by atoms with Gasteiger partial charge in [0.05, 0.1) is 6.61 Å². The van der Waals surface area contributed by atoms with Crippen LogP contribution in [0.3, 0.4) is 0 Å². The molecule has 0 aromatic carbocycles. The summed E-state index contributed by atoms with van der Waals surface area (Å²) in [5.41, 5.74) is 5.43. The first-order chi connectivity index (χ1) is 8.06. The van der Waals surface area contributed by atoms with Crippen molar-refractivity contribution in [2.45, 2.75) is 26.8 Å². The molecule has 0 aliphatic carbocycles. The Morgan fingerprint density at radius 2 is 1.88 bits per heavy atom. The van der Waals surface area contributed by atoms with E-state index >= 15 is 0 Å². The van der Waals surface area contributed by atoms with Crippen molar-refractivity contribution in [2.24, 2.45) is 5.73 Å². The Balaban J connectivity index is 3.89. The maximum atomic E-state index is 11.5. The number of esters is 1. The standard InChI is InChI=1S/C11H23N3O3/c1-4-14(5-2)8-7-13-10(15)9(12)11(16)17-6-3/h9H,4-8,12H2,1-3H3,(H,13,15). The van der Waals surface area contributed by atoms with Gasteiger partial charge in [-0.15, -0.1) is 0 Å². The molecule has 0 heterocycles. The second-order valence-electron chi connectivity index (χ2n) is 3.55. The number of carbonyl (C=O) groups excluding carboxylic acids is 2. The lowest BCUT2D eigenvalue weighted by Gasteiger charge is -2.18. The Kier molecular flexibility index (Phi) is 8.35. The average Bonchev–Trinajstić information content (AvgIpc) is 2.33. The van der Waals surface area contributed by atoms with Crippen LogP contribution in [0.2, 0.25) is 0 Å². The lowest BCUT2D eigenvalue weighted by molar-refractivity contribution is -0.147. The fourth-order valence-corrected chi connectivity index (χ4v) is 1.33. The van der Waals surface area contributed by atoms with E-state index in [4.69, 9.17) is 5.73 Å². The van der Waals surface area contributed by atoms with Crippen molar-refractivity contribution in [3.8, 4) is 0 Å². The van der Waals surface area contributed by atoms with Gasteiger partial charge >= 0.3 is 5.97 Å². The largest absolute Gasteiger partial charge is 0.464 e. The van der Waals surface area contributed by atoms with Gasteiger partial charge in [0, 0.05) is 13.1 Å². The van der Waals surface area contributed by atoms with Gasteiger partial charge in [0.15, 0.2) is 6.04 Å². The Hall–Kier alpha value is -1.14. The van der Waals surface area contributed by atoms with Crippen LogP contribution >= 0.6 is 0 Å². The summed E-state index contributed by atoms with van der Waals surface area (Å²) in [6.07, 6.45) is 0. The number of hydrogen-bond acceptors (Lipinski definition) is 5. The molecule has 0 fully saturated rings. The van der Waals surface area contributed by atoms with E-state index in [1.807, 2.05) is 0 Å². The lowest BCUT2D eigenvalue weighted by Crippen LogP contribution is -2.48. The fraction of sp³-hybridized carbons (Fsp3) is 0.818. The third kappa shape index (κ3) is 6.23. The van der Waals surface area contributed by atoms with Crippen LogP contribution in [0.5, 0.6) is 0 Å². The number of nitrogens with two attached hydrogens (primary N) is 1. The summed E-state index contributed by atoms with van der Waals surface area (Å²) in [6.45, 7) is 9.07. The van der Waals surface area contributed by atoms with Crippen LogP contribution in [-0.2, 0) is 14.3 Å². The molecule has 0 saturated carbocycles. The molecule has 1 unspecified atom stereocenters. The summed E-state index contributed by atoms with van der Waals surface area (Å²) in [5.74, 6) is -1.18. The smallest absolute Gasteiger partial charge is 0.332 e. The number of ether oxygens (including phenoxy) is 1. The topological polar surface area (TPSA) is 84.7 Å². The molecule has 0 spiro atoms. The zero-order chi connectivity index (χ0) is 13.3. The second-order valence-corrected chi connectivity index (χ2v) is 3.55. The molecule has 0 aromatic heterocycles. The monoisotopic (exact) mass is 245 g/mol. The summed E-state index contributed by atoms with van der Waals surface area (Å²) in [6, 6.07) is -1.23.